The SMILES string of the molecule is O=C(NCCc1cnn(-c2ccccc2)c1)[C@H]1CCC(=O)N(CCN2CCOCC2)C1. The molecule has 2 aliphatic heterocycles. The molecule has 2 aromatic rings. The molecule has 1 atom stereocenters. The molecule has 0 aliphatic carbocycles. The van der Waals surface area contributed by atoms with Crippen molar-refractivity contribution in [3.63, 3.8) is 0 Å². The van der Waals surface area contributed by atoms with Crippen molar-refractivity contribution in [3.8, 4) is 5.69 Å². The minimum Gasteiger partial charge on any atom is -0.379 e. The summed E-state index contributed by atoms with van der Waals surface area (Å²) >= 11 is 0. The van der Waals surface area contributed by atoms with Crippen molar-refractivity contribution in [2.45, 2.75) is 19.3 Å². The highest BCUT2D eigenvalue weighted by Crippen LogP contribution is 2.18. The Labute approximate surface area is 183 Å². The number of amides is 2. The lowest BCUT2D eigenvalue weighted by atomic mass is 9.96. The van der Waals surface area contributed by atoms with Gasteiger partial charge in [0, 0.05) is 51.9 Å². The van der Waals surface area contributed by atoms with Gasteiger partial charge >= 0.3 is 0 Å². The fourth-order valence-corrected chi connectivity index (χ4v) is 4.12. The molecular weight excluding hydrogens is 394 g/mol. The van der Waals surface area contributed by atoms with Gasteiger partial charge in [-0.3, -0.25) is 14.5 Å². The van der Waals surface area contributed by atoms with E-state index in [0.29, 0.717) is 32.5 Å². The fraction of sp³-hybridized carbons (Fsp3) is 0.522. The lowest BCUT2D eigenvalue weighted by Crippen LogP contribution is -2.49. The number of benzene rings is 1. The van der Waals surface area contributed by atoms with Gasteiger partial charge in [0.1, 0.15) is 0 Å². The van der Waals surface area contributed by atoms with Crippen LogP contribution in [0.25, 0.3) is 5.69 Å². The maximum absolute atomic E-state index is 12.7. The van der Waals surface area contributed by atoms with E-state index in [1.165, 1.54) is 0 Å². The Morgan fingerprint density at radius 2 is 1.97 bits per heavy atom. The van der Waals surface area contributed by atoms with E-state index in [2.05, 4.69) is 15.3 Å². The molecule has 8 nitrogen and oxygen atoms in total. The third-order valence-corrected chi connectivity index (χ3v) is 6.03. The monoisotopic (exact) mass is 425 g/mol. The molecular formula is C23H31N5O3. The van der Waals surface area contributed by atoms with E-state index in [9.17, 15) is 9.59 Å². The average molecular weight is 426 g/mol. The number of likely N-dealkylation sites (tertiary alicyclic amines) is 1. The topological polar surface area (TPSA) is 79.7 Å². The van der Waals surface area contributed by atoms with Crippen LogP contribution in [0.3, 0.4) is 0 Å². The first kappa shape index (κ1) is 21.5. The number of carbonyl (C=O) groups excluding carboxylic acids is 2. The number of hydrogen-bond donors (Lipinski definition) is 1. The molecule has 0 bridgehead atoms. The number of rotatable bonds is 8. The maximum Gasteiger partial charge on any atom is 0.224 e. The number of nitrogens with one attached hydrogen (secondary N) is 1. The molecule has 1 aromatic carbocycles. The van der Waals surface area contributed by atoms with Crippen LogP contribution >= 0.6 is 0 Å². The molecule has 31 heavy (non-hydrogen) atoms. The van der Waals surface area contributed by atoms with Gasteiger partial charge in [-0.05, 0) is 30.5 Å². The molecule has 4 rings (SSSR count). The molecule has 1 N–H and O–H groups in total. The van der Waals surface area contributed by atoms with Gasteiger partial charge in [-0.15, -0.1) is 0 Å². The summed E-state index contributed by atoms with van der Waals surface area (Å²) in [5, 5.41) is 7.45. The summed E-state index contributed by atoms with van der Waals surface area (Å²) in [5.41, 5.74) is 2.09. The predicted molar refractivity (Wildman–Crippen MR) is 117 cm³/mol. The molecule has 0 saturated carbocycles. The zero-order valence-corrected chi connectivity index (χ0v) is 17.9. The Balaban J connectivity index is 1.21. The summed E-state index contributed by atoms with van der Waals surface area (Å²) in [6.45, 7) is 5.93. The summed E-state index contributed by atoms with van der Waals surface area (Å²) in [6.07, 6.45) is 5.64. The normalized spacial score (nSPS) is 20.1. The second-order valence-corrected chi connectivity index (χ2v) is 8.20. The highest BCUT2D eigenvalue weighted by Gasteiger charge is 2.30. The van der Waals surface area contributed by atoms with Crippen molar-refractivity contribution in [3.05, 3.63) is 48.3 Å². The van der Waals surface area contributed by atoms with Gasteiger partial charge in [-0.25, -0.2) is 4.68 Å². The van der Waals surface area contributed by atoms with Crippen LogP contribution in [0.5, 0.6) is 0 Å². The number of nitrogens with zero attached hydrogens (tertiary/aromatic N) is 4. The molecule has 1 aromatic heterocycles. The largest absolute Gasteiger partial charge is 0.379 e. The predicted octanol–water partition coefficient (Wildman–Crippen LogP) is 1.10. The quantitative estimate of drug-likeness (QED) is 0.685. The zero-order valence-electron chi connectivity index (χ0n) is 17.9. The van der Waals surface area contributed by atoms with E-state index < -0.39 is 0 Å². The van der Waals surface area contributed by atoms with E-state index in [-0.39, 0.29) is 17.7 Å². The summed E-state index contributed by atoms with van der Waals surface area (Å²) in [5.74, 6) is 0.0689. The molecule has 8 heteroatoms. The van der Waals surface area contributed by atoms with E-state index in [0.717, 1.165) is 50.5 Å². The molecule has 0 radical (unpaired) electrons. The Bertz CT molecular complexity index is 863. The molecule has 2 fully saturated rings. The Morgan fingerprint density at radius 3 is 2.77 bits per heavy atom. The Hall–Kier alpha value is -2.71. The smallest absolute Gasteiger partial charge is 0.224 e. The highest BCUT2D eigenvalue weighted by molar-refractivity contribution is 5.83. The minimum atomic E-state index is -0.130. The van der Waals surface area contributed by atoms with Crippen LogP contribution in [0, 0.1) is 5.92 Å². The van der Waals surface area contributed by atoms with Crippen molar-refractivity contribution in [1.82, 2.24) is 24.9 Å². The first-order chi connectivity index (χ1) is 15.2. The van der Waals surface area contributed by atoms with Crippen LogP contribution in [0.2, 0.25) is 0 Å². The third kappa shape index (κ3) is 5.92. The fourth-order valence-electron chi connectivity index (χ4n) is 4.12. The molecule has 2 aliphatic rings. The van der Waals surface area contributed by atoms with Crippen molar-refractivity contribution >= 4 is 11.8 Å². The Kier molecular flexibility index (Phi) is 7.32. The van der Waals surface area contributed by atoms with Gasteiger partial charge in [-0.2, -0.15) is 5.10 Å². The Morgan fingerprint density at radius 1 is 1.16 bits per heavy atom. The third-order valence-electron chi connectivity index (χ3n) is 6.03. The number of hydrogen-bond acceptors (Lipinski definition) is 5. The van der Waals surface area contributed by atoms with Crippen molar-refractivity contribution < 1.29 is 14.3 Å². The van der Waals surface area contributed by atoms with Crippen molar-refractivity contribution in [1.29, 1.82) is 0 Å². The maximum atomic E-state index is 12.7. The molecule has 0 spiro atoms. The van der Waals surface area contributed by atoms with Gasteiger partial charge in [-0.1, -0.05) is 18.2 Å². The number of aromatic nitrogens is 2. The van der Waals surface area contributed by atoms with Crippen molar-refractivity contribution in [2.24, 2.45) is 5.92 Å². The number of piperidine rings is 1. The minimum absolute atomic E-state index is 0.0410. The van der Waals surface area contributed by atoms with E-state index in [1.807, 2.05) is 52.3 Å². The van der Waals surface area contributed by atoms with Crippen LogP contribution in [0.4, 0.5) is 0 Å². The van der Waals surface area contributed by atoms with Crippen LogP contribution in [0.15, 0.2) is 42.7 Å². The zero-order chi connectivity index (χ0) is 21.5. The van der Waals surface area contributed by atoms with Gasteiger partial charge in [0.25, 0.3) is 0 Å². The highest BCUT2D eigenvalue weighted by atomic mass is 16.5. The van der Waals surface area contributed by atoms with Crippen LogP contribution in [0.1, 0.15) is 18.4 Å². The molecule has 2 amide bonds. The summed E-state index contributed by atoms with van der Waals surface area (Å²) < 4.78 is 7.22. The number of para-hydroxylation sites is 1. The van der Waals surface area contributed by atoms with Crippen LogP contribution in [-0.4, -0.2) is 83.9 Å². The molecule has 3 heterocycles. The first-order valence-corrected chi connectivity index (χ1v) is 11.1. The lowest BCUT2D eigenvalue weighted by molar-refractivity contribution is -0.138. The summed E-state index contributed by atoms with van der Waals surface area (Å²) in [4.78, 5) is 29.1. The van der Waals surface area contributed by atoms with E-state index in [1.54, 1.807) is 0 Å². The van der Waals surface area contributed by atoms with Gasteiger partial charge < -0.3 is 15.0 Å². The molecule has 0 unspecified atom stereocenters. The van der Waals surface area contributed by atoms with Crippen LogP contribution in [-0.2, 0) is 20.7 Å². The lowest BCUT2D eigenvalue weighted by Gasteiger charge is -2.34. The van der Waals surface area contributed by atoms with Gasteiger partial charge in [0.2, 0.25) is 11.8 Å². The summed E-state index contributed by atoms with van der Waals surface area (Å²) in [7, 11) is 0. The van der Waals surface area contributed by atoms with E-state index >= 15 is 0 Å². The number of morpholine rings is 1. The van der Waals surface area contributed by atoms with Crippen LogP contribution < -0.4 is 5.32 Å². The first-order valence-electron chi connectivity index (χ1n) is 11.1. The summed E-state index contributed by atoms with van der Waals surface area (Å²) in [6, 6.07) is 9.96. The second kappa shape index (κ2) is 10.5. The number of carbonyl (C=O) groups is 2. The molecule has 166 valence electrons. The van der Waals surface area contributed by atoms with Gasteiger partial charge in [0.05, 0.1) is 31.0 Å². The molecule has 2 saturated heterocycles. The second-order valence-electron chi connectivity index (χ2n) is 8.20. The van der Waals surface area contributed by atoms with Gasteiger partial charge in [0.15, 0.2) is 0 Å². The number of ether oxygens (including phenoxy) is 1. The standard InChI is InChI=1S/C23H31N5O3/c29-22-7-6-20(18-27(22)11-10-26-12-14-31-15-13-26)23(30)24-9-8-19-16-25-28(17-19)21-4-2-1-3-5-21/h1-5,16-17,20H,6-15,18H2,(H,24,30)/t20-/m0/s1. The average Bonchev–Trinajstić information content (AvgIpc) is 3.29. The van der Waals surface area contributed by atoms with E-state index in [4.69, 9.17) is 4.74 Å². The van der Waals surface area contributed by atoms with Crippen molar-refractivity contribution in [2.75, 3.05) is 52.5 Å².